The zero-order chi connectivity index (χ0) is 11.3. The Bertz CT molecular complexity index is 337. The van der Waals surface area contributed by atoms with Crippen LogP contribution in [0.1, 0.15) is 39.2 Å². The molecule has 82 valence electrons. The lowest BCUT2D eigenvalue weighted by Gasteiger charge is -2.22. The van der Waals surface area contributed by atoms with E-state index in [2.05, 4.69) is 32.9 Å². The SMILES string of the molecule is CCC/C=C/C(C)(C)c1ccccc1O. The molecule has 1 aromatic carbocycles. The van der Waals surface area contributed by atoms with Gasteiger partial charge in [-0.05, 0) is 12.5 Å². The van der Waals surface area contributed by atoms with Crippen molar-refractivity contribution in [1.29, 1.82) is 0 Å². The first kappa shape index (κ1) is 11.8. The molecule has 1 nitrogen and oxygen atoms in total. The number of aromatic hydroxyl groups is 1. The molecule has 0 aromatic heterocycles. The molecule has 15 heavy (non-hydrogen) atoms. The van der Waals surface area contributed by atoms with Crippen LogP contribution in [0.3, 0.4) is 0 Å². The summed E-state index contributed by atoms with van der Waals surface area (Å²) < 4.78 is 0. The van der Waals surface area contributed by atoms with Crippen LogP contribution in [0.2, 0.25) is 0 Å². The van der Waals surface area contributed by atoms with Crippen molar-refractivity contribution in [2.45, 2.75) is 39.0 Å². The van der Waals surface area contributed by atoms with Gasteiger partial charge >= 0.3 is 0 Å². The van der Waals surface area contributed by atoms with Gasteiger partial charge in [-0.2, -0.15) is 0 Å². The van der Waals surface area contributed by atoms with Gasteiger partial charge < -0.3 is 5.11 Å². The van der Waals surface area contributed by atoms with E-state index in [1.165, 1.54) is 0 Å². The van der Waals surface area contributed by atoms with E-state index in [1.807, 2.05) is 18.2 Å². The molecule has 0 radical (unpaired) electrons. The van der Waals surface area contributed by atoms with Crippen LogP contribution in [0.5, 0.6) is 5.75 Å². The van der Waals surface area contributed by atoms with E-state index in [0.29, 0.717) is 5.75 Å². The van der Waals surface area contributed by atoms with Crippen LogP contribution in [0.4, 0.5) is 0 Å². The van der Waals surface area contributed by atoms with E-state index >= 15 is 0 Å². The molecule has 0 heterocycles. The molecule has 0 aliphatic carbocycles. The highest BCUT2D eigenvalue weighted by atomic mass is 16.3. The second-order valence-corrected chi connectivity index (χ2v) is 4.43. The summed E-state index contributed by atoms with van der Waals surface area (Å²) in [6.07, 6.45) is 6.61. The summed E-state index contributed by atoms with van der Waals surface area (Å²) in [5.74, 6) is 0.378. The highest BCUT2D eigenvalue weighted by Crippen LogP contribution is 2.31. The number of rotatable bonds is 4. The molecule has 0 bridgehead atoms. The topological polar surface area (TPSA) is 20.2 Å². The fraction of sp³-hybridized carbons (Fsp3) is 0.429. The third-order valence-electron chi connectivity index (χ3n) is 2.59. The molecule has 0 aliphatic heterocycles. The third-order valence-corrected chi connectivity index (χ3v) is 2.59. The van der Waals surface area contributed by atoms with Gasteiger partial charge in [-0.3, -0.25) is 0 Å². The number of hydrogen-bond donors (Lipinski definition) is 1. The van der Waals surface area contributed by atoms with E-state index in [4.69, 9.17) is 0 Å². The summed E-state index contributed by atoms with van der Waals surface area (Å²) >= 11 is 0. The summed E-state index contributed by atoms with van der Waals surface area (Å²) in [6.45, 7) is 6.40. The zero-order valence-electron chi connectivity index (χ0n) is 9.83. The van der Waals surface area contributed by atoms with E-state index in [1.54, 1.807) is 6.07 Å². The van der Waals surface area contributed by atoms with Crippen molar-refractivity contribution in [3.8, 4) is 5.75 Å². The van der Waals surface area contributed by atoms with Crippen LogP contribution in [0.15, 0.2) is 36.4 Å². The van der Waals surface area contributed by atoms with Crippen molar-refractivity contribution in [3.05, 3.63) is 42.0 Å². The predicted octanol–water partition coefficient (Wildman–Crippen LogP) is 4.03. The quantitative estimate of drug-likeness (QED) is 0.734. The van der Waals surface area contributed by atoms with Crippen molar-refractivity contribution in [2.24, 2.45) is 0 Å². The largest absolute Gasteiger partial charge is 0.508 e. The summed E-state index contributed by atoms with van der Waals surface area (Å²) in [6, 6.07) is 7.53. The monoisotopic (exact) mass is 204 g/mol. The maximum atomic E-state index is 9.77. The maximum Gasteiger partial charge on any atom is 0.119 e. The number of hydrogen-bond acceptors (Lipinski definition) is 1. The number of para-hydroxylation sites is 1. The van der Waals surface area contributed by atoms with Gasteiger partial charge in [0, 0.05) is 11.0 Å². The van der Waals surface area contributed by atoms with Crippen molar-refractivity contribution in [3.63, 3.8) is 0 Å². The predicted molar refractivity (Wildman–Crippen MR) is 65.2 cm³/mol. The molecule has 0 unspecified atom stereocenters. The molecular weight excluding hydrogens is 184 g/mol. The van der Waals surface area contributed by atoms with E-state index in [-0.39, 0.29) is 5.41 Å². The molecule has 0 aliphatic rings. The van der Waals surface area contributed by atoms with E-state index in [0.717, 1.165) is 18.4 Å². The molecule has 0 amide bonds. The second kappa shape index (κ2) is 5.01. The van der Waals surface area contributed by atoms with Crippen LogP contribution < -0.4 is 0 Å². The average Bonchev–Trinajstić information content (AvgIpc) is 2.18. The molecular formula is C14H20O. The van der Waals surface area contributed by atoms with Gasteiger partial charge in [0.05, 0.1) is 0 Å². The van der Waals surface area contributed by atoms with Crippen LogP contribution in [0.25, 0.3) is 0 Å². The van der Waals surface area contributed by atoms with Gasteiger partial charge in [0.15, 0.2) is 0 Å². The number of phenols is 1. The molecule has 1 rings (SSSR count). The van der Waals surface area contributed by atoms with Crippen molar-refractivity contribution in [2.75, 3.05) is 0 Å². The van der Waals surface area contributed by atoms with Crippen LogP contribution in [0, 0.1) is 0 Å². The standard InChI is InChI=1S/C14H20O/c1-4-5-8-11-14(2,3)12-9-6-7-10-13(12)15/h6-11,15H,4-5H2,1-3H3/b11-8+. The Morgan fingerprint density at radius 3 is 2.53 bits per heavy atom. The Hall–Kier alpha value is -1.24. The lowest BCUT2D eigenvalue weighted by Crippen LogP contribution is -2.13. The second-order valence-electron chi connectivity index (χ2n) is 4.43. The van der Waals surface area contributed by atoms with Gasteiger partial charge in [0.25, 0.3) is 0 Å². The summed E-state index contributed by atoms with van der Waals surface area (Å²) in [4.78, 5) is 0. The number of unbranched alkanes of at least 4 members (excludes halogenated alkanes) is 1. The lowest BCUT2D eigenvalue weighted by molar-refractivity contribution is 0.455. The summed E-state index contributed by atoms with van der Waals surface area (Å²) in [5.41, 5.74) is 0.887. The Balaban J connectivity index is 2.90. The molecule has 0 saturated heterocycles. The Morgan fingerprint density at radius 1 is 1.27 bits per heavy atom. The van der Waals surface area contributed by atoms with Crippen molar-refractivity contribution in [1.82, 2.24) is 0 Å². The summed E-state index contributed by atoms with van der Waals surface area (Å²) in [5, 5.41) is 9.77. The Morgan fingerprint density at radius 2 is 1.93 bits per heavy atom. The van der Waals surface area contributed by atoms with Gasteiger partial charge in [-0.15, -0.1) is 0 Å². The summed E-state index contributed by atoms with van der Waals surface area (Å²) in [7, 11) is 0. The molecule has 1 heteroatoms. The van der Waals surface area contributed by atoms with Crippen LogP contribution >= 0.6 is 0 Å². The van der Waals surface area contributed by atoms with Crippen LogP contribution in [-0.2, 0) is 5.41 Å². The minimum Gasteiger partial charge on any atom is -0.508 e. The van der Waals surface area contributed by atoms with Gasteiger partial charge in [0.1, 0.15) is 5.75 Å². The number of phenolic OH excluding ortho intramolecular Hbond substituents is 1. The fourth-order valence-electron chi connectivity index (χ4n) is 1.65. The molecule has 1 N–H and O–H groups in total. The van der Waals surface area contributed by atoms with Gasteiger partial charge in [0.2, 0.25) is 0 Å². The zero-order valence-corrected chi connectivity index (χ0v) is 9.83. The fourth-order valence-corrected chi connectivity index (χ4v) is 1.65. The van der Waals surface area contributed by atoms with Gasteiger partial charge in [-0.1, -0.05) is 57.5 Å². The molecule has 0 saturated carbocycles. The van der Waals surface area contributed by atoms with Crippen LogP contribution in [-0.4, -0.2) is 5.11 Å². The highest BCUT2D eigenvalue weighted by Gasteiger charge is 2.19. The Labute approximate surface area is 92.5 Å². The minimum absolute atomic E-state index is 0.0967. The first-order chi connectivity index (χ1) is 7.08. The first-order valence-electron chi connectivity index (χ1n) is 5.54. The third kappa shape index (κ3) is 3.12. The van der Waals surface area contributed by atoms with Crippen molar-refractivity contribution >= 4 is 0 Å². The van der Waals surface area contributed by atoms with Crippen molar-refractivity contribution < 1.29 is 5.11 Å². The highest BCUT2D eigenvalue weighted by molar-refractivity contribution is 5.40. The minimum atomic E-state index is -0.0967. The number of allylic oxidation sites excluding steroid dienone is 2. The average molecular weight is 204 g/mol. The molecule has 0 atom stereocenters. The lowest BCUT2D eigenvalue weighted by atomic mass is 9.83. The molecule has 1 aromatic rings. The van der Waals surface area contributed by atoms with E-state index < -0.39 is 0 Å². The van der Waals surface area contributed by atoms with Gasteiger partial charge in [-0.25, -0.2) is 0 Å². The number of benzene rings is 1. The molecule has 0 fully saturated rings. The van der Waals surface area contributed by atoms with E-state index in [9.17, 15) is 5.11 Å². The maximum absolute atomic E-state index is 9.77. The normalized spacial score (nSPS) is 12.2. The molecule has 0 spiro atoms. The Kier molecular flexibility index (Phi) is 3.96. The smallest absolute Gasteiger partial charge is 0.119 e. The first-order valence-corrected chi connectivity index (χ1v) is 5.54.